The summed E-state index contributed by atoms with van der Waals surface area (Å²) >= 11 is 0. The number of methoxy groups -OCH3 is 1. The first-order valence-electron chi connectivity index (χ1n) is 7.19. The smallest absolute Gasteiger partial charge is 0.288 e. The average molecular weight is 308 g/mol. The van der Waals surface area contributed by atoms with Crippen LogP contribution in [0.15, 0.2) is 65.2 Å². The number of para-hydroxylation sites is 1. The number of oxazole rings is 1. The molecule has 1 amide bonds. The van der Waals surface area contributed by atoms with E-state index in [1.807, 2.05) is 54.6 Å². The van der Waals surface area contributed by atoms with E-state index in [0.717, 1.165) is 16.9 Å². The first-order valence-corrected chi connectivity index (χ1v) is 7.19. The summed E-state index contributed by atoms with van der Waals surface area (Å²) in [7, 11) is 1.60. The largest absolute Gasteiger partial charge is 0.496 e. The lowest BCUT2D eigenvalue weighted by atomic mass is 10.2. The van der Waals surface area contributed by atoms with Crippen LogP contribution < -0.4 is 10.1 Å². The van der Waals surface area contributed by atoms with Crippen molar-refractivity contribution in [1.82, 2.24) is 10.3 Å². The van der Waals surface area contributed by atoms with Gasteiger partial charge in [0, 0.05) is 17.7 Å². The normalized spacial score (nSPS) is 10.3. The Morgan fingerprint density at radius 3 is 2.65 bits per heavy atom. The van der Waals surface area contributed by atoms with E-state index in [4.69, 9.17) is 9.15 Å². The van der Waals surface area contributed by atoms with Gasteiger partial charge in [-0.25, -0.2) is 4.98 Å². The number of nitrogens with one attached hydrogen (secondary N) is 1. The predicted octanol–water partition coefficient (Wildman–Crippen LogP) is 3.28. The summed E-state index contributed by atoms with van der Waals surface area (Å²) in [5.41, 5.74) is 1.72. The fourth-order valence-corrected chi connectivity index (χ4v) is 2.20. The molecule has 3 aromatic rings. The molecule has 3 rings (SSSR count). The first-order chi connectivity index (χ1) is 11.3. The monoisotopic (exact) mass is 308 g/mol. The molecule has 0 spiro atoms. The molecule has 0 radical (unpaired) electrons. The van der Waals surface area contributed by atoms with E-state index in [-0.39, 0.29) is 11.7 Å². The summed E-state index contributed by atoms with van der Waals surface area (Å²) in [6.45, 7) is 0.351. The van der Waals surface area contributed by atoms with Crippen LogP contribution in [0.5, 0.6) is 5.75 Å². The minimum Gasteiger partial charge on any atom is -0.496 e. The van der Waals surface area contributed by atoms with Crippen LogP contribution in [0.2, 0.25) is 0 Å². The van der Waals surface area contributed by atoms with E-state index in [2.05, 4.69) is 10.3 Å². The van der Waals surface area contributed by atoms with Gasteiger partial charge in [-0.1, -0.05) is 36.4 Å². The van der Waals surface area contributed by atoms with Crippen LogP contribution in [0, 0.1) is 0 Å². The Morgan fingerprint density at radius 2 is 1.87 bits per heavy atom. The van der Waals surface area contributed by atoms with Gasteiger partial charge in [-0.05, 0) is 18.2 Å². The summed E-state index contributed by atoms with van der Waals surface area (Å²) in [4.78, 5) is 16.3. The molecule has 1 aromatic heterocycles. The van der Waals surface area contributed by atoms with Crippen LogP contribution in [0.25, 0.3) is 11.5 Å². The lowest BCUT2D eigenvalue weighted by Gasteiger charge is -2.08. The molecule has 23 heavy (non-hydrogen) atoms. The van der Waals surface area contributed by atoms with Crippen molar-refractivity contribution < 1.29 is 13.9 Å². The number of aromatic nitrogens is 1. The van der Waals surface area contributed by atoms with Gasteiger partial charge in [0.25, 0.3) is 5.91 Å². The van der Waals surface area contributed by atoms with Gasteiger partial charge in [0.1, 0.15) is 5.75 Å². The van der Waals surface area contributed by atoms with Crippen molar-refractivity contribution in [3.63, 3.8) is 0 Å². The molecular formula is C18H16N2O3. The molecule has 0 fully saturated rings. The minimum atomic E-state index is -0.314. The number of rotatable bonds is 5. The van der Waals surface area contributed by atoms with Crippen LogP contribution in [-0.4, -0.2) is 18.0 Å². The molecule has 0 saturated carbocycles. The van der Waals surface area contributed by atoms with Gasteiger partial charge < -0.3 is 14.5 Å². The molecule has 5 nitrogen and oxygen atoms in total. The molecule has 0 aliphatic carbocycles. The van der Waals surface area contributed by atoms with E-state index in [1.54, 1.807) is 7.11 Å². The summed E-state index contributed by atoms with van der Waals surface area (Å²) in [5, 5.41) is 2.80. The molecule has 0 aliphatic heterocycles. The quantitative estimate of drug-likeness (QED) is 0.785. The second-order valence-electron chi connectivity index (χ2n) is 4.89. The highest BCUT2D eigenvalue weighted by molar-refractivity contribution is 5.91. The Kier molecular flexibility index (Phi) is 4.38. The zero-order valence-corrected chi connectivity index (χ0v) is 12.7. The van der Waals surface area contributed by atoms with Gasteiger partial charge in [0.05, 0.1) is 13.3 Å². The van der Waals surface area contributed by atoms with Crippen LogP contribution in [0.3, 0.4) is 0 Å². The molecule has 0 bridgehead atoms. The third-order valence-corrected chi connectivity index (χ3v) is 3.38. The summed E-state index contributed by atoms with van der Waals surface area (Å²) in [6, 6.07) is 17.0. The van der Waals surface area contributed by atoms with Crippen molar-refractivity contribution >= 4 is 5.91 Å². The predicted molar refractivity (Wildman–Crippen MR) is 86.1 cm³/mol. The molecule has 1 N–H and O–H groups in total. The summed E-state index contributed by atoms with van der Waals surface area (Å²) in [6.07, 6.45) is 1.43. The highest BCUT2D eigenvalue weighted by Gasteiger charge is 2.14. The van der Waals surface area contributed by atoms with Crippen LogP contribution in [-0.2, 0) is 6.54 Å². The summed E-state index contributed by atoms with van der Waals surface area (Å²) in [5.74, 6) is 1.02. The lowest BCUT2D eigenvalue weighted by Crippen LogP contribution is -2.22. The Morgan fingerprint density at radius 1 is 1.13 bits per heavy atom. The Balaban J connectivity index is 1.68. The van der Waals surface area contributed by atoms with Crippen molar-refractivity contribution in [3.05, 3.63) is 72.1 Å². The van der Waals surface area contributed by atoms with Crippen LogP contribution >= 0.6 is 0 Å². The zero-order chi connectivity index (χ0) is 16.1. The number of carbonyl (C=O) groups excluding carboxylic acids is 1. The molecule has 0 saturated heterocycles. The standard InChI is InChI=1S/C18H16N2O3/c1-22-15-10-6-5-9-14(15)11-19-17(21)16-12-20-18(23-16)13-7-3-2-4-8-13/h2-10,12H,11H2,1H3,(H,19,21). The van der Waals surface area contributed by atoms with Gasteiger partial charge in [-0.2, -0.15) is 0 Å². The van der Waals surface area contributed by atoms with Gasteiger partial charge >= 0.3 is 0 Å². The van der Waals surface area contributed by atoms with Crippen molar-refractivity contribution in [2.45, 2.75) is 6.54 Å². The molecular weight excluding hydrogens is 292 g/mol. The Hall–Kier alpha value is -3.08. The van der Waals surface area contributed by atoms with E-state index >= 15 is 0 Å². The van der Waals surface area contributed by atoms with Gasteiger partial charge in [0.15, 0.2) is 0 Å². The fourth-order valence-electron chi connectivity index (χ4n) is 2.20. The maximum absolute atomic E-state index is 12.2. The van der Waals surface area contributed by atoms with Crippen molar-refractivity contribution in [3.8, 4) is 17.2 Å². The molecule has 0 aliphatic rings. The molecule has 1 heterocycles. The van der Waals surface area contributed by atoms with E-state index < -0.39 is 0 Å². The minimum absolute atomic E-state index is 0.179. The third-order valence-electron chi connectivity index (χ3n) is 3.38. The molecule has 116 valence electrons. The number of ether oxygens (including phenoxy) is 1. The van der Waals surface area contributed by atoms with Crippen LogP contribution in [0.1, 0.15) is 16.1 Å². The summed E-state index contributed by atoms with van der Waals surface area (Å²) < 4.78 is 10.8. The second-order valence-corrected chi connectivity index (χ2v) is 4.89. The number of hydrogen-bond acceptors (Lipinski definition) is 4. The van der Waals surface area contributed by atoms with Gasteiger partial charge in [-0.3, -0.25) is 4.79 Å². The Bertz CT molecular complexity index is 797. The van der Waals surface area contributed by atoms with E-state index in [0.29, 0.717) is 12.4 Å². The van der Waals surface area contributed by atoms with E-state index in [1.165, 1.54) is 6.20 Å². The van der Waals surface area contributed by atoms with Gasteiger partial charge in [-0.15, -0.1) is 0 Å². The SMILES string of the molecule is COc1ccccc1CNC(=O)c1cnc(-c2ccccc2)o1. The Labute approximate surface area is 133 Å². The molecule has 2 aromatic carbocycles. The number of nitrogens with zero attached hydrogens (tertiary/aromatic N) is 1. The number of amides is 1. The lowest BCUT2D eigenvalue weighted by molar-refractivity contribution is 0.0924. The van der Waals surface area contributed by atoms with Crippen molar-refractivity contribution in [1.29, 1.82) is 0 Å². The third kappa shape index (κ3) is 3.40. The number of hydrogen-bond donors (Lipinski definition) is 1. The maximum Gasteiger partial charge on any atom is 0.288 e. The van der Waals surface area contributed by atoms with Gasteiger partial charge in [0.2, 0.25) is 11.7 Å². The topological polar surface area (TPSA) is 64.4 Å². The zero-order valence-electron chi connectivity index (χ0n) is 12.7. The molecule has 5 heteroatoms. The maximum atomic E-state index is 12.2. The fraction of sp³-hybridized carbons (Fsp3) is 0.111. The number of carbonyl (C=O) groups is 1. The highest BCUT2D eigenvalue weighted by Crippen LogP contribution is 2.19. The highest BCUT2D eigenvalue weighted by atomic mass is 16.5. The van der Waals surface area contributed by atoms with E-state index in [9.17, 15) is 4.79 Å². The number of benzene rings is 2. The van der Waals surface area contributed by atoms with Crippen molar-refractivity contribution in [2.75, 3.05) is 7.11 Å². The molecule has 0 unspecified atom stereocenters. The second kappa shape index (κ2) is 6.79. The van der Waals surface area contributed by atoms with Crippen LogP contribution in [0.4, 0.5) is 0 Å². The first kappa shape index (κ1) is 14.8. The molecule has 0 atom stereocenters. The average Bonchev–Trinajstić information content (AvgIpc) is 3.11. The van der Waals surface area contributed by atoms with Crippen molar-refractivity contribution in [2.24, 2.45) is 0 Å².